The third kappa shape index (κ3) is 4.06. The lowest BCUT2D eigenvalue weighted by Crippen LogP contribution is -2.30. The Balaban J connectivity index is 1.77. The second-order valence-corrected chi connectivity index (χ2v) is 5.27. The van der Waals surface area contributed by atoms with Gasteiger partial charge in [0.25, 0.3) is 0 Å². The molecule has 1 aromatic rings. The molecule has 0 fully saturated rings. The molecule has 1 aromatic carbocycles. The second-order valence-electron chi connectivity index (χ2n) is 5.27. The maximum atomic E-state index is 11.8. The first kappa shape index (κ1) is 14.1. The van der Waals surface area contributed by atoms with Crippen molar-refractivity contribution in [1.82, 2.24) is 5.32 Å². The van der Waals surface area contributed by atoms with Crippen LogP contribution in [0.4, 0.5) is 0 Å². The van der Waals surface area contributed by atoms with Gasteiger partial charge in [0.15, 0.2) is 0 Å². The fraction of sp³-hybridized carbons (Fsp3) is 0.562. The molecule has 3 nitrogen and oxygen atoms in total. The molecule has 1 atom stereocenters. The average molecular weight is 261 g/mol. The van der Waals surface area contributed by atoms with Crippen molar-refractivity contribution in [3.05, 3.63) is 29.3 Å². The number of Topliss-reactive ketones (excluding diaryl/α,β-unsaturated/α-hetero) is 1. The summed E-state index contributed by atoms with van der Waals surface area (Å²) in [6.45, 7) is 5.50. The van der Waals surface area contributed by atoms with Crippen LogP contribution in [0.15, 0.2) is 18.2 Å². The van der Waals surface area contributed by atoms with Crippen molar-refractivity contribution in [3.8, 4) is 5.75 Å². The van der Waals surface area contributed by atoms with Crippen molar-refractivity contribution in [3.63, 3.8) is 0 Å². The minimum absolute atomic E-state index is 0.289. The Morgan fingerprint density at radius 3 is 3.11 bits per heavy atom. The smallest absolute Gasteiger partial charge is 0.146 e. The predicted molar refractivity (Wildman–Crippen MR) is 76.7 cm³/mol. The summed E-state index contributed by atoms with van der Waals surface area (Å²) in [7, 11) is 0. The molecule has 1 N–H and O–H groups in total. The van der Waals surface area contributed by atoms with Crippen LogP contribution in [0, 0.1) is 0 Å². The molecule has 0 amide bonds. The van der Waals surface area contributed by atoms with Crippen LogP contribution in [0.2, 0.25) is 0 Å². The zero-order valence-electron chi connectivity index (χ0n) is 11.9. The van der Waals surface area contributed by atoms with Gasteiger partial charge in [-0.2, -0.15) is 0 Å². The largest absolute Gasteiger partial charge is 0.493 e. The van der Waals surface area contributed by atoms with Crippen LogP contribution < -0.4 is 10.1 Å². The minimum atomic E-state index is 0.289. The molecular formula is C16H23NO2. The van der Waals surface area contributed by atoms with Gasteiger partial charge in [-0.1, -0.05) is 19.1 Å². The molecule has 0 bridgehead atoms. The molecule has 104 valence electrons. The van der Waals surface area contributed by atoms with Crippen molar-refractivity contribution >= 4 is 5.78 Å². The lowest BCUT2D eigenvalue weighted by Gasteiger charge is -2.10. The first-order valence-electron chi connectivity index (χ1n) is 7.18. The van der Waals surface area contributed by atoms with Crippen LogP contribution >= 0.6 is 0 Å². The monoisotopic (exact) mass is 261 g/mol. The summed E-state index contributed by atoms with van der Waals surface area (Å²) in [6.07, 6.45) is 3.49. The summed E-state index contributed by atoms with van der Waals surface area (Å²) in [5.41, 5.74) is 2.52. The maximum absolute atomic E-state index is 11.8. The van der Waals surface area contributed by atoms with Gasteiger partial charge in [0.2, 0.25) is 0 Å². The van der Waals surface area contributed by atoms with E-state index >= 15 is 0 Å². The van der Waals surface area contributed by atoms with Gasteiger partial charge in [0.05, 0.1) is 13.2 Å². The number of benzene rings is 1. The van der Waals surface area contributed by atoms with Crippen LogP contribution in [0.25, 0.3) is 0 Å². The number of aryl methyl sites for hydroxylation is 1. The van der Waals surface area contributed by atoms with Gasteiger partial charge in [0, 0.05) is 18.9 Å². The topological polar surface area (TPSA) is 38.3 Å². The molecule has 1 unspecified atom stereocenters. The van der Waals surface area contributed by atoms with Gasteiger partial charge in [-0.25, -0.2) is 0 Å². The van der Waals surface area contributed by atoms with Crippen LogP contribution in [-0.4, -0.2) is 25.0 Å². The molecule has 0 saturated carbocycles. The number of hydrogen-bond acceptors (Lipinski definition) is 3. The molecule has 3 heteroatoms. The molecule has 1 aliphatic rings. The molecule has 0 aromatic heterocycles. The van der Waals surface area contributed by atoms with E-state index in [4.69, 9.17) is 4.74 Å². The van der Waals surface area contributed by atoms with Crippen molar-refractivity contribution in [2.45, 2.75) is 45.6 Å². The van der Waals surface area contributed by atoms with Gasteiger partial charge in [-0.15, -0.1) is 0 Å². The number of nitrogens with one attached hydrogen (secondary N) is 1. The molecule has 0 saturated heterocycles. The molecule has 0 aliphatic carbocycles. The fourth-order valence-electron chi connectivity index (χ4n) is 2.20. The normalized spacial score (nSPS) is 14.8. The van der Waals surface area contributed by atoms with E-state index in [1.54, 1.807) is 0 Å². The SMILES string of the molecule is CCC(C)NCC(=O)CCc1ccc2c(c1)CCO2. The fourth-order valence-corrected chi connectivity index (χ4v) is 2.20. The Morgan fingerprint density at radius 1 is 1.47 bits per heavy atom. The van der Waals surface area contributed by atoms with Crippen LogP contribution in [-0.2, 0) is 17.6 Å². The van der Waals surface area contributed by atoms with E-state index in [1.807, 2.05) is 6.07 Å². The summed E-state index contributed by atoms with van der Waals surface area (Å²) in [6, 6.07) is 6.69. The van der Waals surface area contributed by atoms with E-state index in [-0.39, 0.29) is 5.78 Å². The van der Waals surface area contributed by atoms with E-state index in [0.29, 0.717) is 19.0 Å². The van der Waals surface area contributed by atoms with Crippen molar-refractivity contribution in [1.29, 1.82) is 0 Å². The number of ketones is 1. The first-order chi connectivity index (χ1) is 9.19. The maximum Gasteiger partial charge on any atom is 0.146 e. The lowest BCUT2D eigenvalue weighted by molar-refractivity contribution is -0.118. The Kier molecular flexibility index (Phi) is 4.97. The summed E-state index contributed by atoms with van der Waals surface area (Å²) in [4.78, 5) is 11.8. The second kappa shape index (κ2) is 6.71. The van der Waals surface area contributed by atoms with Crippen molar-refractivity contribution in [2.75, 3.05) is 13.2 Å². The standard InChI is InChI=1S/C16H23NO2/c1-3-12(2)17-11-15(18)6-4-13-5-7-16-14(10-13)8-9-19-16/h5,7,10,12,17H,3-4,6,8-9,11H2,1-2H3. The lowest BCUT2D eigenvalue weighted by atomic mass is 10.0. The highest BCUT2D eigenvalue weighted by Crippen LogP contribution is 2.26. The third-order valence-corrected chi connectivity index (χ3v) is 3.71. The summed E-state index contributed by atoms with van der Waals surface area (Å²) >= 11 is 0. The van der Waals surface area contributed by atoms with E-state index in [9.17, 15) is 4.79 Å². The molecule has 19 heavy (non-hydrogen) atoms. The van der Waals surface area contributed by atoms with Crippen molar-refractivity contribution in [2.24, 2.45) is 0 Å². The van der Waals surface area contributed by atoms with Crippen LogP contribution in [0.1, 0.15) is 37.8 Å². The molecule has 1 aliphatic heterocycles. The van der Waals surface area contributed by atoms with E-state index in [0.717, 1.165) is 31.6 Å². The molecule has 0 spiro atoms. The summed E-state index contributed by atoms with van der Waals surface area (Å²) in [5, 5.41) is 3.24. The van der Waals surface area contributed by atoms with Gasteiger partial charge >= 0.3 is 0 Å². The van der Waals surface area contributed by atoms with Crippen LogP contribution in [0.3, 0.4) is 0 Å². The summed E-state index contributed by atoms with van der Waals surface area (Å²) in [5.74, 6) is 1.30. The summed E-state index contributed by atoms with van der Waals surface area (Å²) < 4.78 is 5.48. The minimum Gasteiger partial charge on any atom is -0.493 e. The molecule has 1 heterocycles. The van der Waals surface area contributed by atoms with Gasteiger partial charge in [-0.05, 0) is 37.0 Å². The number of carbonyl (C=O) groups excluding carboxylic acids is 1. The predicted octanol–water partition coefficient (Wildman–Crippen LogP) is 2.51. The molecule has 0 radical (unpaired) electrons. The van der Waals surface area contributed by atoms with Gasteiger partial charge < -0.3 is 10.1 Å². The van der Waals surface area contributed by atoms with Gasteiger partial charge in [0.1, 0.15) is 11.5 Å². The first-order valence-corrected chi connectivity index (χ1v) is 7.18. The number of fused-ring (bicyclic) bond motifs is 1. The Hall–Kier alpha value is -1.35. The third-order valence-electron chi connectivity index (χ3n) is 3.71. The Labute approximate surface area is 115 Å². The van der Waals surface area contributed by atoms with E-state index in [1.165, 1.54) is 11.1 Å². The Morgan fingerprint density at radius 2 is 2.32 bits per heavy atom. The van der Waals surface area contributed by atoms with Crippen LogP contribution in [0.5, 0.6) is 5.75 Å². The van der Waals surface area contributed by atoms with E-state index in [2.05, 4.69) is 31.3 Å². The number of hydrogen-bond donors (Lipinski definition) is 1. The van der Waals surface area contributed by atoms with E-state index < -0.39 is 0 Å². The molecular weight excluding hydrogens is 238 g/mol. The highest BCUT2D eigenvalue weighted by atomic mass is 16.5. The quantitative estimate of drug-likeness (QED) is 0.819. The zero-order chi connectivity index (χ0) is 13.7. The number of carbonyl (C=O) groups is 1. The van der Waals surface area contributed by atoms with Gasteiger partial charge in [-0.3, -0.25) is 4.79 Å². The highest BCUT2D eigenvalue weighted by molar-refractivity contribution is 5.80. The number of ether oxygens (including phenoxy) is 1. The van der Waals surface area contributed by atoms with Crippen molar-refractivity contribution < 1.29 is 9.53 Å². The zero-order valence-corrected chi connectivity index (χ0v) is 11.9. The Bertz CT molecular complexity index is 442. The average Bonchev–Trinajstić information content (AvgIpc) is 2.89. The highest BCUT2D eigenvalue weighted by Gasteiger charge is 2.12. The molecule has 2 rings (SSSR count). The number of rotatable bonds is 7.